The number of likely N-dealkylation sites (tertiary alicyclic amines) is 1. The van der Waals surface area contributed by atoms with Gasteiger partial charge in [-0.05, 0) is 62.7 Å². The van der Waals surface area contributed by atoms with Crippen molar-refractivity contribution in [3.05, 3.63) is 65.7 Å². The van der Waals surface area contributed by atoms with Crippen molar-refractivity contribution >= 4 is 17.7 Å². The minimum absolute atomic E-state index is 0.0903. The van der Waals surface area contributed by atoms with Gasteiger partial charge in [0.2, 0.25) is 5.91 Å². The van der Waals surface area contributed by atoms with Gasteiger partial charge in [0.15, 0.2) is 5.78 Å². The molecule has 1 aliphatic heterocycles. The molecule has 31 heavy (non-hydrogen) atoms. The topological polar surface area (TPSA) is 87.7 Å². The summed E-state index contributed by atoms with van der Waals surface area (Å²) in [7, 11) is 1.59. The number of piperidine rings is 1. The zero-order valence-electron chi connectivity index (χ0n) is 18.0. The van der Waals surface area contributed by atoms with Crippen LogP contribution in [0.1, 0.15) is 41.7 Å². The monoisotopic (exact) mass is 423 g/mol. The van der Waals surface area contributed by atoms with E-state index in [2.05, 4.69) is 10.6 Å². The predicted octanol–water partition coefficient (Wildman–Crippen LogP) is 3.18. The van der Waals surface area contributed by atoms with Crippen LogP contribution in [-0.2, 0) is 4.79 Å². The largest absolute Gasteiger partial charge is 0.497 e. The van der Waals surface area contributed by atoms with Gasteiger partial charge in [-0.2, -0.15) is 0 Å². The van der Waals surface area contributed by atoms with E-state index >= 15 is 0 Å². The smallest absolute Gasteiger partial charge is 0.321 e. The Kier molecular flexibility index (Phi) is 7.78. The number of carbonyl (C=O) groups excluding carboxylic acids is 3. The number of nitrogens with zero attached hydrogens (tertiary/aromatic N) is 1. The van der Waals surface area contributed by atoms with Crippen molar-refractivity contribution in [2.45, 2.75) is 25.8 Å². The first-order valence-electron chi connectivity index (χ1n) is 10.6. The van der Waals surface area contributed by atoms with Crippen molar-refractivity contribution in [3.63, 3.8) is 0 Å². The van der Waals surface area contributed by atoms with Gasteiger partial charge in [0.1, 0.15) is 11.8 Å². The molecule has 1 heterocycles. The Hall–Kier alpha value is -3.19. The molecule has 2 N–H and O–H groups in total. The van der Waals surface area contributed by atoms with Crippen LogP contribution in [0.3, 0.4) is 0 Å². The molecular formula is C24H29N3O4. The average molecular weight is 424 g/mol. The fraction of sp³-hybridized carbons (Fsp3) is 0.375. The Morgan fingerprint density at radius 3 is 2.26 bits per heavy atom. The number of urea groups is 1. The molecule has 0 saturated carbocycles. The second-order valence-electron chi connectivity index (χ2n) is 7.56. The number of rotatable bonds is 7. The third kappa shape index (κ3) is 5.70. The van der Waals surface area contributed by atoms with Crippen LogP contribution < -0.4 is 15.4 Å². The molecule has 7 nitrogen and oxygen atoms in total. The number of ketones is 1. The maximum absolute atomic E-state index is 12.9. The lowest BCUT2D eigenvalue weighted by molar-refractivity contribution is -0.126. The van der Waals surface area contributed by atoms with Crippen molar-refractivity contribution in [2.24, 2.45) is 5.92 Å². The number of benzene rings is 2. The highest BCUT2D eigenvalue weighted by Crippen LogP contribution is 2.29. The number of imide groups is 1. The Morgan fingerprint density at radius 2 is 1.68 bits per heavy atom. The molecule has 3 rings (SSSR count). The van der Waals surface area contributed by atoms with Crippen LogP contribution in [0.5, 0.6) is 5.75 Å². The zero-order chi connectivity index (χ0) is 22.2. The van der Waals surface area contributed by atoms with Crippen molar-refractivity contribution in [2.75, 3.05) is 26.7 Å². The summed E-state index contributed by atoms with van der Waals surface area (Å²) in [6.45, 7) is 3.42. The number of carbonyl (C=O) groups is 3. The molecule has 1 aliphatic rings. The fourth-order valence-electron chi connectivity index (χ4n) is 3.96. The lowest BCUT2D eigenvalue weighted by Crippen LogP contribution is -2.48. The Morgan fingerprint density at radius 1 is 1.03 bits per heavy atom. The molecule has 2 aromatic rings. The van der Waals surface area contributed by atoms with Crippen LogP contribution in [-0.4, -0.2) is 49.4 Å². The summed E-state index contributed by atoms with van der Waals surface area (Å²) < 4.78 is 5.16. The van der Waals surface area contributed by atoms with Gasteiger partial charge in [-0.1, -0.05) is 30.3 Å². The first-order chi connectivity index (χ1) is 15.0. The SMILES string of the molecule is CCNC(=O)NC(=O)C(c1ccccc1)N1CCC(C(=O)c2ccc(OC)cc2)CC1. The summed E-state index contributed by atoms with van der Waals surface area (Å²) in [6, 6.07) is 15.5. The van der Waals surface area contributed by atoms with Crippen LogP contribution in [0.2, 0.25) is 0 Å². The second-order valence-corrected chi connectivity index (χ2v) is 7.56. The molecule has 0 aromatic heterocycles. The number of hydrogen-bond acceptors (Lipinski definition) is 5. The Bertz CT molecular complexity index is 891. The van der Waals surface area contributed by atoms with E-state index in [9.17, 15) is 14.4 Å². The summed E-state index contributed by atoms with van der Waals surface area (Å²) in [5.41, 5.74) is 1.50. The summed E-state index contributed by atoms with van der Waals surface area (Å²) in [5, 5.41) is 5.03. The number of nitrogens with one attached hydrogen (secondary N) is 2. The Labute approximate surface area is 182 Å². The lowest BCUT2D eigenvalue weighted by Gasteiger charge is -2.36. The molecule has 7 heteroatoms. The maximum atomic E-state index is 12.9. The highest BCUT2D eigenvalue weighted by Gasteiger charge is 2.34. The first kappa shape index (κ1) is 22.5. The molecule has 2 aromatic carbocycles. The van der Waals surface area contributed by atoms with E-state index in [0.29, 0.717) is 38.0 Å². The number of ether oxygens (including phenoxy) is 1. The Balaban J connectivity index is 1.69. The third-order valence-corrected chi connectivity index (χ3v) is 5.58. The van der Waals surface area contributed by atoms with Gasteiger partial charge in [0, 0.05) is 18.0 Å². The molecule has 3 amide bonds. The number of methoxy groups -OCH3 is 1. The van der Waals surface area contributed by atoms with Crippen LogP contribution in [0, 0.1) is 5.92 Å². The van der Waals surface area contributed by atoms with Gasteiger partial charge in [-0.15, -0.1) is 0 Å². The van der Waals surface area contributed by atoms with Gasteiger partial charge in [-0.25, -0.2) is 4.79 Å². The van der Waals surface area contributed by atoms with Crippen LogP contribution in [0.15, 0.2) is 54.6 Å². The first-order valence-corrected chi connectivity index (χ1v) is 10.6. The van der Waals surface area contributed by atoms with E-state index in [4.69, 9.17) is 4.74 Å². The number of Topliss-reactive ketones (excluding diaryl/α,β-unsaturated/α-hetero) is 1. The van der Waals surface area contributed by atoms with Crippen molar-refractivity contribution in [3.8, 4) is 5.75 Å². The normalized spacial score (nSPS) is 15.7. The molecule has 164 valence electrons. The van der Waals surface area contributed by atoms with Gasteiger partial charge in [0.05, 0.1) is 7.11 Å². The van der Waals surface area contributed by atoms with Crippen molar-refractivity contribution in [1.82, 2.24) is 15.5 Å². The van der Waals surface area contributed by atoms with Gasteiger partial charge in [-0.3, -0.25) is 19.8 Å². The molecule has 0 spiro atoms. The molecule has 1 unspecified atom stereocenters. The molecular weight excluding hydrogens is 394 g/mol. The minimum atomic E-state index is -0.583. The molecule has 0 aliphatic carbocycles. The highest BCUT2D eigenvalue weighted by atomic mass is 16.5. The molecule has 0 radical (unpaired) electrons. The van der Waals surface area contributed by atoms with Gasteiger partial charge >= 0.3 is 6.03 Å². The van der Waals surface area contributed by atoms with E-state index in [1.54, 1.807) is 38.3 Å². The van der Waals surface area contributed by atoms with E-state index in [0.717, 1.165) is 11.3 Å². The quantitative estimate of drug-likeness (QED) is 0.668. The molecule has 1 saturated heterocycles. The molecule has 1 atom stereocenters. The minimum Gasteiger partial charge on any atom is -0.497 e. The van der Waals surface area contributed by atoms with Crippen molar-refractivity contribution in [1.29, 1.82) is 0 Å². The van der Waals surface area contributed by atoms with E-state index < -0.39 is 12.1 Å². The van der Waals surface area contributed by atoms with Gasteiger partial charge < -0.3 is 10.1 Å². The standard InChI is InChI=1S/C24H29N3O4/c1-3-25-24(30)26-23(29)21(17-7-5-4-6-8-17)27-15-13-19(14-16-27)22(28)18-9-11-20(31-2)12-10-18/h4-12,19,21H,3,13-16H2,1-2H3,(H2,25,26,29,30). The molecule has 1 fully saturated rings. The van der Waals surface area contributed by atoms with Crippen LogP contribution in [0.4, 0.5) is 4.79 Å². The fourth-order valence-corrected chi connectivity index (χ4v) is 3.96. The van der Waals surface area contributed by atoms with E-state index in [1.165, 1.54) is 0 Å². The number of hydrogen-bond donors (Lipinski definition) is 2. The van der Waals surface area contributed by atoms with Crippen LogP contribution in [0.25, 0.3) is 0 Å². The second kappa shape index (κ2) is 10.7. The summed E-state index contributed by atoms with van der Waals surface area (Å²) >= 11 is 0. The zero-order valence-corrected chi connectivity index (χ0v) is 18.0. The highest BCUT2D eigenvalue weighted by molar-refractivity contribution is 5.98. The predicted molar refractivity (Wildman–Crippen MR) is 118 cm³/mol. The van der Waals surface area contributed by atoms with Gasteiger partial charge in [0.25, 0.3) is 0 Å². The number of amides is 3. The average Bonchev–Trinajstić information content (AvgIpc) is 2.80. The van der Waals surface area contributed by atoms with Crippen molar-refractivity contribution < 1.29 is 19.1 Å². The van der Waals surface area contributed by atoms with E-state index in [-0.39, 0.29) is 17.6 Å². The third-order valence-electron chi connectivity index (χ3n) is 5.58. The molecule has 0 bridgehead atoms. The summed E-state index contributed by atoms with van der Waals surface area (Å²) in [6.07, 6.45) is 1.31. The summed E-state index contributed by atoms with van der Waals surface area (Å²) in [4.78, 5) is 39.8. The van der Waals surface area contributed by atoms with Crippen LogP contribution >= 0.6 is 0 Å². The van der Waals surface area contributed by atoms with E-state index in [1.807, 2.05) is 35.2 Å². The maximum Gasteiger partial charge on any atom is 0.321 e. The summed E-state index contributed by atoms with van der Waals surface area (Å²) in [5.74, 6) is 0.380. The lowest BCUT2D eigenvalue weighted by atomic mass is 9.87.